The van der Waals surface area contributed by atoms with Crippen LogP contribution in [0.15, 0.2) is 29.2 Å². The highest BCUT2D eigenvalue weighted by atomic mass is 32.2. The lowest BCUT2D eigenvalue weighted by Gasteiger charge is -2.11. The number of hydrogen-bond donors (Lipinski definition) is 1. The minimum atomic E-state index is -0.442. The average Bonchev–Trinajstić information content (AvgIpc) is 2.32. The number of carbonyl (C=O) groups is 1. The van der Waals surface area contributed by atoms with Gasteiger partial charge in [-0.3, -0.25) is 0 Å². The van der Waals surface area contributed by atoms with E-state index in [2.05, 4.69) is 11.4 Å². The fourth-order valence-electron chi connectivity index (χ4n) is 1.58. The van der Waals surface area contributed by atoms with E-state index in [1.54, 1.807) is 18.8 Å². The number of hydrogen-bond acceptors (Lipinski definition) is 3. The Balaban J connectivity index is 2.86. The molecule has 98 valence electrons. The smallest absolute Gasteiger partial charge is 0.410 e. The highest BCUT2D eigenvalue weighted by Gasteiger charge is 2.08. The Hall–Kier alpha value is -1.42. The number of carbonyl (C=O) groups excluding carboxylic acids is 1. The van der Waals surface area contributed by atoms with Crippen LogP contribution in [0.2, 0.25) is 0 Å². The van der Waals surface area contributed by atoms with Crippen LogP contribution in [0.4, 0.5) is 4.79 Å². The van der Waals surface area contributed by atoms with Gasteiger partial charge in [-0.1, -0.05) is 12.2 Å². The van der Waals surface area contributed by atoms with Gasteiger partial charge < -0.3 is 10.1 Å². The van der Waals surface area contributed by atoms with E-state index < -0.39 is 6.09 Å². The molecule has 0 atom stereocenters. The van der Waals surface area contributed by atoms with Crippen molar-refractivity contribution in [2.75, 3.05) is 12.8 Å². The number of amides is 1. The van der Waals surface area contributed by atoms with Crippen molar-refractivity contribution in [2.45, 2.75) is 25.7 Å². The van der Waals surface area contributed by atoms with Crippen LogP contribution in [0, 0.1) is 13.8 Å². The zero-order chi connectivity index (χ0) is 13.5. The van der Waals surface area contributed by atoms with Crippen LogP contribution in [0.25, 0.3) is 0 Å². The lowest BCUT2D eigenvalue weighted by Crippen LogP contribution is -2.22. The summed E-state index contributed by atoms with van der Waals surface area (Å²) in [5.74, 6) is 1.54. The van der Waals surface area contributed by atoms with Crippen molar-refractivity contribution in [2.24, 2.45) is 0 Å². The molecule has 0 saturated carbocycles. The van der Waals surface area contributed by atoms with Crippen molar-refractivity contribution in [1.82, 2.24) is 5.32 Å². The third-order valence-electron chi connectivity index (χ3n) is 2.41. The van der Waals surface area contributed by atoms with Crippen molar-refractivity contribution in [3.8, 4) is 5.75 Å². The zero-order valence-corrected chi connectivity index (χ0v) is 12.1. The highest BCUT2D eigenvalue weighted by molar-refractivity contribution is 7.99. The normalized spacial score (nSPS) is 10.7. The van der Waals surface area contributed by atoms with Crippen LogP contribution in [-0.2, 0) is 0 Å². The molecule has 1 amide bonds. The summed E-state index contributed by atoms with van der Waals surface area (Å²) in [5.41, 5.74) is 2.26. The summed E-state index contributed by atoms with van der Waals surface area (Å²) < 4.78 is 5.13. The number of allylic oxidation sites excluding steroid dienone is 1. The summed E-state index contributed by atoms with van der Waals surface area (Å²) in [6.07, 6.45) is 3.72. The lowest BCUT2D eigenvalue weighted by molar-refractivity contribution is 0.203. The number of nitrogens with one attached hydrogen (secondary N) is 1. The molecule has 1 N–H and O–H groups in total. The van der Waals surface area contributed by atoms with Gasteiger partial charge in [-0.2, -0.15) is 0 Å². The van der Waals surface area contributed by atoms with Crippen LogP contribution < -0.4 is 10.1 Å². The van der Waals surface area contributed by atoms with E-state index in [0.717, 1.165) is 16.9 Å². The Morgan fingerprint density at radius 3 is 2.50 bits per heavy atom. The minimum absolute atomic E-state index is 0.442. The van der Waals surface area contributed by atoms with Gasteiger partial charge in [0.1, 0.15) is 5.75 Å². The molecular formula is C14H19NO2S. The average molecular weight is 265 g/mol. The van der Waals surface area contributed by atoms with E-state index in [0.29, 0.717) is 5.75 Å². The largest absolute Gasteiger partial charge is 0.412 e. The zero-order valence-electron chi connectivity index (χ0n) is 11.2. The van der Waals surface area contributed by atoms with Crippen molar-refractivity contribution in [1.29, 1.82) is 0 Å². The predicted octanol–water partition coefficient (Wildman–Crippen LogP) is 3.69. The first kappa shape index (κ1) is 14.6. The van der Waals surface area contributed by atoms with Crippen molar-refractivity contribution < 1.29 is 9.53 Å². The van der Waals surface area contributed by atoms with Crippen LogP contribution in [0.3, 0.4) is 0 Å². The quantitative estimate of drug-likeness (QED) is 0.666. The molecule has 0 spiro atoms. The van der Waals surface area contributed by atoms with Gasteiger partial charge in [-0.05, 0) is 44.0 Å². The summed E-state index contributed by atoms with van der Waals surface area (Å²) in [4.78, 5) is 12.4. The molecular weight excluding hydrogens is 246 g/mol. The van der Waals surface area contributed by atoms with Gasteiger partial charge in [-0.25, -0.2) is 4.79 Å². The topological polar surface area (TPSA) is 38.3 Å². The number of rotatable bonds is 4. The molecule has 1 aromatic carbocycles. The molecule has 18 heavy (non-hydrogen) atoms. The number of ether oxygens (including phenoxy) is 1. The summed E-state index contributed by atoms with van der Waals surface area (Å²) >= 11 is 1.79. The van der Waals surface area contributed by atoms with Gasteiger partial charge >= 0.3 is 6.09 Å². The van der Waals surface area contributed by atoms with Crippen LogP contribution in [0.5, 0.6) is 5.75 Å². The fourth-order valence-corrected chi connectivity index (χ4v) is 2.61. The molecule has 0 heterocycles. The number of aryl methyl sites for hydroxylation is 2. The van der Waals surface area contributed by atoms with E-state index >= 15 is 0 Å². The van der Waals surface area contributed by atoms with Gasteiger partial charge in [-0.15, -0.1) is 11.8 Å². The molecule has 3 nitrogen and oxygen atoms in total. The van der Waals surface area contributed by atoms with Gasteiger partial charge in [0.25, 0.3) is 0 Å². The Labute approximate surface area is 113 Å². The molecule has 1 rings (SSSR count). The molecule has 1 aromatic rings. The highest BCUT2D eigenvalue weighted by Crippen LogP contribution is 2.30. The van der Waals surface area contributed by atoms with Crippen molar-refractivity contribution in [3.05, 3.63) is 35.4 Å². The van der Waals surface area contributed by atoms with E-state index in [4.69, 9.17) is 4.74 Å². The molecule has 0 aliphatic rings. The monoisotopic (exact) mass is 265 g/mol. The Morgan fingerprint density at radius 1 is 1.39 bits per heavy atom. The summed E-state index contributed by atoms with van der Waals surface area (Å²) in [6.45, 7) is 6.07. The molecule has 0 unspecified atom stereocenters. The van der Waals surface area contributed by atoms with E-state index in [1.807, 2.05) is 39.0 Å². The standard InChI is InChI=1S/C14H19NO2S/c1-5-6-7-18-13-10(2)8-12(9-11(13)3)17-14(16)15-4/h5-6,8-9H,7H2,1-4H3,(H,15,16). The van der Waals surface area contributed by atoms with Crippen LogP contribution >= 0.6 is 11.8 Å². The van der Waals surface area contributed by atoms with Gasteiger partial charge in [0.05, 0.1) is 0 Å². The maximum atomic E-state index is 11.2. The van der Waals surface area contributed by atoms with Crippen molar-refractivity contribution >= 4 is 17.9 Å². The molecule has 0 radical (unpaired) electrons. The Kier molecular flexibility index (Phi) is 5.78. The molecule has 0 aromatic heterocycles. The van der Waals surface area contributed by atoms with E-state index in [9.17, 15) is 4.79 Å². The third kappa shape index (κ3) is 4.11. The van der Waals surface area contributed by atoms with Crippen LogP contribution in [0.1, 0.15) is 18.1 Å². The summed E-state index contributed by atoms with van der Waals surface area (Å²) in [6, 6.07) is 3.78. The second kappa shape index (κ2) is 7.11. The first-order chi connectivity index (χ1) is 8.58. The molecule has 0 aliphatic heterocycles. The van der Waals surface area contributed by atoms with Gasteiger partial charge in [0, 0.05) is 17.7 Å². The second-order valence-corrected chi connectivity index (χ2v) is 4.94. The third-order valence-corrected chi connectivity index (χ3v) is 3.70. The second-order valence-electron chi connectivity index (χ2n) is 3.91. The first-order valence-electron chi connectivity index (χ1n) is 5.83. The van der Waals surface area contributed by atoms with E-state index in [1.165, 1.54) is 4.90 Å². The maximum Gasteiger partial charge on any atom is 0.412 e. The van der Waals surface area contributed by atoms with E-state index in [-0.39, 0.29) is 0 Å². The SMILES string of the molecule is CC=CCSc1c(C)cc(OC(=O)NC)cc1C. The lowest BCUT2D eigenvalue weighted by atomic mass is 10.1. The Bertz CT molecular complexity index is 432. The van der Waals surface area contributed by atoms with Gasteiger partial charge in [0.2, 0.25) is 0 Å². The minimum Gasteiger partial charge on any atom is -0.410 e. The number of thioether (sulfide) groups is 1. The molecule has 0 fully saturated rings. The predicted molar refractivity (Wildman–Crippen MR) is 76.5 cm³/mol. The summed E-state index contributed by atoms with van der Waals surface area (Å²) in [7, 11) is 1.54. The molecule has 4 heteroatoms. The summed E-state index contributed by atoms with van der Waals surface area (Å²) in [5, 5.41) is 2.43. The maximum absolute atomic E-state index is 11.2. The fraction of sp³-hybridized carbons (Fsp3) is 0.357. The Morgan fingerprint density at radius 2 is 2.00 bits per heavy atom. The number of benzene rings is 1. The first-order valence-corrected chi connectivity index (χ1v) is 6.81. The van der Waals surface area contributed by atoms with Crippen LogP contribution in [-0.4, -0.2) is 18.9 Å². The molecule has 0 aliphatic carbocycles. The molecule has 0 bridgehead atoms. The van der Waals surface area contributed by atoms with Crippen molar-refractivity contribution in [3.63, 3.8) is 0 Å². The molecule has 0 saturated heterocycles. The van der Waals surface area contributed by atoms with Gasteiger partial charge in [0.15, 0.2) is 0 Å².